The van der Waals surface area contributed by atoms with Gasteiger partial charge in [0.15, 0.2) is 0 Å². The minimum absolute atomic E-state index is 0.174. The van der Waals surface area contributed by atoms with Gasteiger partial charge in [0.25, 0.3) is 5.91 Å². The lowest BCUT2D eigenvalue weighted by Crippen LogP contribution is -2.14. The Morgan fingerprint density at radius 3 is 2.47 bits per heavy atom. The van der Waals surface area contributed by atoms with E-state index < -0.39 is 0 Å². The summed E-state index contributed by atoms with van der Waals surface area (Å²) in [5.41, 5.74) is 3.78. The summed E-state index contributed by atoms with van der Waals surface area (Å²) in [5, 5.41) is 2.79. The molecule has 2 nitrogen and oxygen atoms in total. The Hall–Kier alpha value is -2.16. The Labute approximate surface area is 112 Å². The summed E-state index contributed by atoms with van der Waals surface area (Å²) in [4.78, 5) is 12.2. The van der Waals surface area contributed by atoms with Crippen molar-refractivity contribution in [3.05, 3.63) is 64.5 Å². The summed E-state index contributed by atoms with van der Waals surface area (Å²) in [6.07, 6.45) is 0. The van der Waals surface area contributed by atoms with Crippen molar-refractivity contribution in [2.45, 2.75) is 20.8 Å². The van der Waals surface area contributed by atoms with Crippen LogP contribution < -0.4 is 5.32 Å². The predicted octanol–water partition coefficient (Wildman–Crippen LogP) is 4.00. The molecule has 0 saturated carbocycles. The zero-order chi connectivity index (χ0) is 14.0. The third kappa shape index (κ3) is 2.81. The van der Waals surface area contributed by atoms with Gasteiger partial charge in [-0.15, -0.1) is 0 Å². The van der Waals surface area contributed by atoms with Gasteiger partial charge >= 0.3 is 0 Å². The van der Waals surface area contributed by atoms with Crippen LogP contribution in [0.25, 0.3) is 0 Å². The van der Waals surface area contributed by atoms with Crippen molar-refractivity contribution < 1.29 is 9.18 Å². The molecule has 0 bridgehead atoms. The molecule has 0 heterocycles. The van der Waals surface area contributed by atoms with Crippen LogP contribution in [-0.4, -0.2) is 5.91 Å². The van der Waals surface area contributed by atoms with Gasteiger partial charge < -0.3 is 5.32 Å². The molecule has 0 aliphatic carbocycles. The summed E-state index contributed by atoms with van der Waals surface area (Å²) < 4.78 is 13.2. The molecule has 0 aromatic heterocycles. The van der Waals surface area contributed by atoms with Crippen LogP contribution in [0.2, 0.25) is 0 Å². The summed E-state index contributed by atoms with van der Waals surface area (Å²) in [5.74, 6) is -0.447. The number of rotatable bonds is 2. The molecule has 0 atom stereocenters. The molecular formula is C16H16FNO. The van der Waals surface area contributed by atoms with E-state index in [2.05, 4.69) is 5.32 Å². The maximum atomic E-state index is 13.2. The Morgan fingerprint density at radius 1 is 1.05 bits per heavy atom. The average molecular weight is 257 g/mol. The standard InChI is InChI=1S/C16H16FNO/c1-10-5-4-6-14(12(10)3)16(19)18-13-7-8-15(17)11(2)9-13/h4-9H,1-3H3,(H,18,19). The van der Waals surface area contributed by atoms with Crippen LogP contribution in [0.3, 0.4) is 0 Å². The highest BCUT2D eigenvalue weighted by molar-refractivity contribution is 6.05. The van der Waals surface area contributed by atoms with Gasteiger partial charge in [0, 0.05) is 11.3 Å². The number of hydrogen-bond acceptors (Lipinski definition) is 1. The fourth-order valence-electron chi connectivity index (χ4n) is 1.92. The third-order valence-corrected chi connectivity index (χ3v) is 3.27. The maximum Gasteiger partial charge on any atom is 0.255 e. The van der Waals surface area contributed by atoms with Crippen molar-refractivity contribution in [3.8, 4) is 0 Å². The van der Waals surface area contributed by atoms with Gasteiger partial charge in [-0.25, -0.2) is 4.39 Å². The molecule has 1 amide bonds. The first-order valence-corrected chi connectivity index (χ1v) is 6.13. The lowest BCUT2D eigenvalue weighted by molar-refractivity contribution is 0.102. The van der Waals surface area contributed by atoms with Gasteiger partial charge in [0.05, 0.1) is 0 Å². The summed E-state index contributed by atoms with van der Waals surface area (Å²) >= 11 is 0. The first kappa shape index (κ1) is 13.3. The molecule has 2 aromatic rings. The van der Waals surface area contributed by atoms with Crippen molar-refractivity contribution in [1.82, 2.24) is 0 Å². The number of hydrogen-bond donors (Lipinski definition) is 1. The highest BCUT2D eigenvalue weighted by Gasteiger charge is 2.10. The molecule has 0 unspecified atom stereocenters. The first-order valence-electron chi connectivity index (χ1n) is 6.13. The van der Waals surface area contributed by atoms with Crippen molar-refractivity contribution in [2.75, 3.05) is 5.32 Å². The van der Waals surface area contributed by atoms with E-state index in [1.54, 1.807) is 25.1 Å². The molecule has 0 spiro atoms. The minimum Gasteiger partial charge on any atom is -0.322 e. The number of anilines is 1. The SMILES string of the molecule is Cc1cc(NC(=O)c2cccc(C)c2C)ccc1F. The van der Waals surface area contributed by atoms with Gasteiger partial charge in [-0.1, -0.05) is 12.1 Å². The van der Waals surface area contributed by atoms with Gasteiger partial charge in [-0.05, 0) is 61.7 Å². The third-order valence-electron chi connectivity index (χ3n) is 3.27. The second-order valence-corrected chi connectivity index (χ2v) is 4.67. The lowest BCUT2D eigenvalue weighted by Gasteiger charge is -2.10. The van der Waals surface area contributed by atoms with Crippen LogP contribution in [0.1, 0.15) is 27.0 Å². The molecule has 2 aromatic carbocycles. The first-order chi connectivity index (χ1) is 8.99. The lowest BCUT2D eigenvalue weighted by atomic mass is 10.0. The molecule has 19 heavy (non-hydrogen) atoms. The number of nitrogens with one attached hydrogen (secondary N) is 1. The summed E-state index contributed by atoms with van der Waals surface area (Å²) in [7, 11) is 0. The van der Waals surface area contributed by atoms with Crippen molar-refractivity contribution >= 4 is 11.6 Å². The molecule has 3 heteroatoms. The van der Waals surface area contributed by atoms with Crippen LogP contribution in [0.15, 0.2) is 36.4 Å². The number of carbonyl (C=O) groups is 1. The fourth-order valence-corrected chi connectivity index (χ4v) is 1.92. The smallest absolute Gasteiger partial charge is 0.255 e. The molecule has 0 aliphatic rings. The zero-order valence-electron chi connectivity index (χ0n) is 11.3. The van der Waals surface area contributed by atoms with E-state index in [1.807, 2.05) is 26.0 Å². The Morgan fingerprint density at radius 2 is 1.79 bits per heavy atom. The van der Waals surface area contributed by atoms with Gasteiger partial charge in [0.2, 0.25) is 0 Å². The normalized spacial score (nSPS) is 10.3. The predicted molar refractivity (Wildman–Crippen MR) is 75.0 cm³/mol. The molecule has 0 fully saturated rings. The monoisotopic (exact) mass is 257 g/mol. The van der Waals surface area contributed by atoms with Gasteiger partial charge in [0.1, 0.15) is 5.82 Å². The van der Waals surface area contributed by atoms with Crippen molar-refractivity contribution in [3.63, 3.8) is 0 Å². The molecule has 1 N–H and O–H groups in total. The summed E-state index contributed by atoms with van der Waals surface area (Å²) in [6.45, 7) is 5.55. The second-order valence-electron chi connectivity index (χ2n) is 4.67. The molecular weight excluding hydrogens is 241 g/mol. The van der Waals surface area contributed by atoms with Crippen molar-refractivity contribution in [2.24, 2.45) is 0 Å². The van der Waals surface area contributed by atoms with E-state index >= 15 is 0 Å². The van der Waals surface area contributed by atoms with Crippen molar-refractivity contribution in [1.29, 1.82) is 0 Å². The summed E-state index contributed by atoms with van der Waals surface area (Å²) in [6, 6.07) is 10.1. The average Bonchev–Trinajstić information content (AvgIpc) is 2.37. The molecule has 98 valence electrons. The van der Waals surface area contributed by atoms with E-state index in [0.29, 0.717) is 16.8 Å². The van der Waals surface area contributed by atoms with Crippen LogP contribution in [0.4, 0.5) is 10.1 Å². The Kier molecular flexibility index (Phi) is 3.65. The Balaban J connectivity index is 2.26. The van der Waals surface area contributed by atoms with E-state index in [0.717, 1.165) is 11.1 Å². The fraction of sp³-hybridized carbons (Fsp3) is 0.188. The molecule has 0 radical (unpaired) electrons. The van der Waals surface area contributed by atoms with Crippen LogP contribution in [-0.2, 0) is 0 Å². The molecule has 0 aliphatic heterocycles. The number of benzene rings is 2. The number of amides is 1. The highest BCUT2D eigenvalue weighted by atomic mass is 19.1. The highest BCUT2D eigenvalue weighted by Crippen LogP contribution is 2.17. The minimum atomic E-state index is -0.273. The van der Waals surface area contributed by atoms with Crippen LogP contribution in [0, 0.1) is 26.6 Å². The zero-order valence-corrected chi connectivity index (χ0v) is 11.3. The largest absolute Gasteiger partial charge is 0.322 e. The van der Waals surface area contributed by atoms with Crippen LogP contribution >= 0.6 is 0 Å². The van der Waals surface area contributed by atoms with Crippen LogP contribution in [0.5, 0.6) is 0 Å². The molecule has 0 saturated heterocycles. The topological polar surface area (TPSA) is 29.1 Å². The number of aryl methyl sites for hydroxylation is 2. The molecule has 2 rings (SSSR count). The van der Waals surface area contributed by atoms with E-state index in [4.69, 9.17) is 0 Å². The van der Waals surface area contributed by atoms with E-state index in [9.17, 15) is 9.18 Å². The Bertz CT molecular complexity index is 635. The van der Waals surface area contributed by atoms with E-state index in [-0.39, 0.29) is 11.7 Å². The quantitative estimate of drug-likeness (QED) is 0.865. The van der Waals surface area contributed by atoms with Gasteiger partial charge in [-0.2, -0.15) is 0 Å². The second kappa shape index (κ2) is 5.22. The number of halogens is 1. The van der Waals surface area contributed by atoms with E-state index in [1.165, 1.54) is 6.07 Å². The number of carbonyl (C=O) groups excluding carboxylic acids is 1. The maximum absolute atomic E-state index is 13.2. The van der Waals surface area contributed by atoms with Gasteiger partial charge in [-0.3, -0.25) is 4.79 Å².